The first-order chi connectivity index (χ1) is 13.0. The van der Waals surface area contributed by atoms with Crippen LogP contribution in [0.4, 0.5) is 8.78 Å². The van der Waals surface area contributed by atoms with Gasteiger partial charge in [-0.15, -0.1) is 0 Å². The SMILES string of the molecule is O=c1[nH]c(C2CCCCC2)nc2c1CCN(Cc1c(F)ccc(F)c1Cl)C2. The Balaban J connectivity index is 1.58. The van der Waals surface area contributed by atoms with E-state index < -0.39 is 11.6 Å². The summed E-state index contributed by atoms with van der Waals surface area (Å²) < 4.78 is 27.8. The van der Waals surface area contributed by atoms with E-state index in [4.69, 9.17) is 16.6 Å². The van der Waals surface area contributed by atoms with E-state index in [0.717, 1.165) is 49.3 Å². The van der Waals surface area contributed by atoms with Gasteiger partial charge in [-0.2, -0.15) is 0 Å². The van der Waals surface area contributed by atoms with Gasteiger partial charge in [-0.05, 0) is 31.4 Å². The van der Waals surface area contributed by atoms with Crippen molar-refractivity contribution in [2.45, 2.75) is 57.5 Å². The molecule has 1 aliphatic carbocycles. The highest BCUT2D eigenvalue weighted by atomic mass is 35.5. The molecule has 7 heteroatoms. The van der Waals surface area contributed by atoms with Crippen LogP contribution >= 0.6 is 11.6 Å². The fourth-order valence-electron chi connectivity index (χ4n) is 4.15. The minimum Gasteiger partial charge on any atom is -0.310 e. The third-order valence-electron chi connectivity index (χ3n) is 5.68. The summed E-state index contributed by atoms with van der Waals surface area (Å²) >= 11 is 5.96. The topological polar surface area (TPSA) is 49.0 Å². The molecule has 4 nitrogen and oxygen atoms in total. The first-order valence-electron chi connectivity index (χ1n) is 9.49. The first kappa shape index (κ1) is 18.6. The van der Waals surface area contributed by atoms with E-state index >= 15 is 0 Å². The molecule has 1 aromatic carbocycles. The Hall–Kier alpha value is -1.79. The van der Waals surface area contributed by atoms with Crippen molar-refractivity contribution in [3.05, 3.63) is 61.8 Å². The van der Waals surface area contributed by atoms with E-state index in [-0.39, 0.29) is 22.7 Å². The number of nitrogens with one attached hydrogen (secondary N) is 1. The number of hydrogen-bond donors (Lipinski definition) is 1. The number of hydrogen-bond acceptors (Lipinski definition) is 3. The van der Waals surface area contributed by atoms with Crippen LogP contribution in [0.25, 0.3) is 0 Å². The Morgan fingerprint density at radius 1 is 1.19 bits per heavy atom. The van der Waals surface area contributed by atoms with Crippen molar-refractivity contribution in [3.63, 3.8) is 0 Å². The second-order valence-corrected chi connectivity index (χ2v) is 7.87. The number of nitrogens with zero attached hydrogens (tertiary/aromatic N) is 2. The molecule has 2 aliphatic rings. The third-order valence-corrected chi connectivity index (χ3v) is 6.09. The molecule has 0 spiro atoms. The zero-order valence-corrected chi connectivity index (χ0v) is 15.8. The Labute approximate surface area is 161 Å². The maximum Gasteiger partial charge on any atom is 0.254 e. The van der Waals surface area contributed by atoms with E-state index in [1.807, 2.05) is 4.90 Å². The van der Waals surface area contributed by atoms with Gasteiger partial charge in [0.15, 0.2) is 0 Å². The maximum absolute atomic E-state index is 14.1. The average Bonchev–Trinajstić information content (AvgIpc) is 2.68. The number of aromatic nitrogens is 2. The molecular formula is C20H22ClF2N3O. The minimum atomic E-state index is -0.625. The van der Waals surface area contributed by atoms with Gasteiger partial charge in [-0.25, -0.2) is 13.8 Å². The number of H-pyrrole nitrogens is 1. The van der Waals surface area contributed by atoms with Gasteiger partial charge in [0, 0.05) is 36.7 Å². The van der Waals surface area contributed by atoms with E-state index in [9.17, 15) is 13.6 Å². The van der Waals surface area contributed by atoms with Crippen molar-refractivity contribution in [1.29, 1.82) is 0 Å². The molecule has 0 bridgehead atoms. The Morgan fingerprint density at radius 2 is 1.93 bits per heavy atom. The lowest BCUT2D eigenvalue weighted by molar-refractivity contribution is 0.236. The molecule has 1 fully saturated rings. The van der Waals surface area contributed by atoms with Gasteiger partial charge < -0.3 is 4.98 Å². The van der Waals surface area contributed by atoms with Crippen LogP contribution in [0.2, 0.25) is 5.02 Å². The number of halogens is 3. The molecule has 1 N–H and O–H groups in total. The predicted octanol–water partition coefficient (Wildman–Crippen LogP) is 4.31. The molecule has 27 heavy (non-hydrogen) atoms. The lowest BCUT2D eigenvalue weighted by Crippen LogP contribution is -2.36. The van der Waals surface area contributed by atoms with Crippen molar-refractivity contribution in [1.82, 2.24) is 14.9 Å². The summed E-state index contributed by atoms with van der Waals surface area (Å²) in [5.74, 6) is -0.0638. The largest absolute Gasteiger partial charge is 0.310 e. The Bertz CT molecular complexity index is 909. The summed E-state index contributed by atoms with van der Waals surface area (Å²) in [4.78, 5) is 22.2. The Morgan fingerprint density at radius 3 is 2.70 bits per heavy atom. The normalized spacial score (nSPS) is 18.5. The molecule has 0 amide bonds. The minimum absolute atomic E-state index is 0.0600. The lowest BCUT2D eigenvalue weighted by atomic mass is 9.88. The molecule has 2 heterocycles. The molecule has 0 saturated heterocycles. The highest BCUT2D eigenvalue weighted by molar-refractivity contribution is 6.31. The standard InChI is InChI=1S/C20H22ClF2N3O/c21-18-14(15(22)6-7-16(18)23)10-26-9-8-13-17(11-26)24-19(25-20(13)27)12-4-2-1-3-5-12/h6-7,12H,1-5,8-11H2,(H,24,25,27). The van der Waals surface area contributed by atoms with E-state index in [2.05, 4.69) is 4.98 Å². The lowest BCUT2D eigenvalue weighted by Gasteiger charge is -2.29. The van der Waals surface area contributed by atoms with Crippen LogP contribution in [0.15, 0.2) is 16.9 Å². The quantitative estimate of drug-likeness (QED) is 0.790. The van der Waals surface area contributed by atoms with Crippen LogP contribution in [0.3, 0.4) is 0 Å². The molecule has 1 saturated carbocycles. The molecule has 4 rings (SSSR count). The second-order valence-electron chi connectivity index (χ2n) is 7.49. The number of rotatable bonds is 3. The van der Waals surface area contributed by atoms with Gasteiger partial charge in [0.2, 0.25) is 0 Å². The van der Waals surface area contributed by atoms with Crippen molar-refractivity contribution in [2.24, 2.45) is 0 Å². The summed E-state index contributed by atoms with van der Waals surface area (Å²) in [6.07, 6.45) is 6.20. The summed E-state index contributed by atoms with van der Waals surface area (Å²) in [6.45, 7) is 1.20. The fraction of sp³-hybridized carbons (Fsp3) is 0.500. The average molecular weight is 394 g/mol. The van der Waals surface area contributed by atoms with Crippen LogP contribution in [0.5, 0.6) is 0 Å². The van der Waals surface area contributed by atoms with Gasteiger partial charge in [0.1, 0.15) is 17.5 Å². The van der Waals surface area contributed by atoms with Crippen molar-refractivity contribution in [3.8, 4) is 0 Å². The number of benzene rings is 1. The molecule has 0 radical (unpaired) electrons. The smallest absolute Gasteiger partial charge is 0.254 e. The molecule has 0 atom stereocenters. The van der Waals surface area contributed by atoms with Gasteiger partial charge in [0.05, 0.1) is 10.7 Å². The zero-order valence-electron chi connectivity index (χ0n) is 15.0. The predicted molar refractivity (Wildman–Crippen MR) is 99.9 cm³/mol. The summed E-state index contributed by atoms with van der Waals surface area (Å²) in [5, 5.41) is -0.178. The van der Waals surface area contributed by atoms with Gasteiger partial charge >= 0.3 is 0 Å². The van der Waals surface area contributed by atoms with Crippen LogP contribution in [-0.2, 0) is 19.5 Å². The molecule has 0 unspecified atom stereocenters. The van der Waals surface area contributed by atoms with Crippen molar-refractivity contribution in [2.75, 3.05) is 6.54 Å². The molecule has 144 valence electrons. The molecular weight excluding hydrogens is 372 g/mol. The maximum atomic E-state index is 14.1. The fourth-order valence-corrected chi connectivity index (χ4v) is 4.37. The van der Waals surface area contributed by atoms with E-state index in [0.29, 0.717) is 31.0 Å². The van der Waals surface area contributed by atoms with E-state index in [1.54, 1.807) is 0 Å². The van der Waals surface area contributed by atoms with Crippen molar-refractivity contribution >= 4 is 11.6 Å². The molecule has 1 aromatic heterocycles. The van der Waals surface area contributed by atoms with Crippen LogP contribution in [-0.4, -0.2) is 21.4 Å². The van der Waals surface area contributed by atoms with Crippen LogP contribution in [0, 0.1) is 11.6 Å². The number of aromatic amines is 1. The van der Waals surface area contributed by atoms with Crippen LogP contribution in [0.1, 0.15) is 60.7 Å². The molecule has 1 aliphatic heterocycles. The highest BCUT2D eigenvalue weighted by Crippen LogP contribution is 2.31. The summed E-state index contributed by atoms with van der Waals surface area (Å²) in [5.41, 5.74) is 1.54. The van der Waals surface area contributed by atoms with Gasteiger partial charge in [-0.1, -0.05) is 30.9 Å². The third kappa shape index (κ3) is 3.78. The highest BCUT2D eigenvalue weighted by Gasteiger charge is 2.25. The Kier molecular flexibility index (Phi) is 5.28. The summed E-state index contributed by atoms with van der Waals surface area (Å²) in [7, 11) is 0. The van der Waals surface area contributed by atoms with Gasteiger partial charge in [-0.3, -0.25) is 9.69 Å². The molecule has 2 aromatic rings. The van der Waals surface area contributed by atoms with Crippen LogP contribution < -0.4 is 5.56 Å². The zero-order chi connectivity index (χ0) is 19.0. The van der Waals surface area contributed by atoms with Gasteiger partial charge in [0.25, 0.3) is 5.56 Å². The van der Waals surface area contributed by atoms with Crippen molar-refractivity contribution < 1.29 is 8.78 Å². The first-order valence-corrected chi connectivity index (χ1v) is 9.87. The number of fused-ring (bicyclic) bond motifs is 1. The monoisotopic (exact) mass is 393 g/mol. The van der Waals surface area contributed by atoms with E-state index in [1.165, 1.54) is 6.42 Å². The summed E-state index contributed by atoms with van der Waals surface area (Å²) in [6, 6.07) is 2.13. The second kappa shape index (κ2) is 7.68.